The van der Waals surface area contributed by atoms with Crippen molar-refractivity contribution in [3.8, 4) is 11.5 Å². The number of rotatable bonds is 3. The largest absolute Gasteiger partial charge is 0.493 e. The molecule has 0 saturated carbocycles. The van der Waals surface area contributed by atoms with Gasteiger partial charge in [-0.2, -0.15) is 0 Å². The molecular formula is C14H13IN2O4S. The van der Waals surface area contributed by atoms with Gasteiger partial charge in [-0.1, -0.05) is 0 Å². The van der Waals surface area contributed by atoms with E-state index < -0.39 is 11.8 Å². The van der Waals surface area contributed by atoms with Gasteiger partial charge in [0, 0.05) is 7.05 Å². The van der Waals surface area contributed by atoms with Gasteiger partial charge in [0.25, 0.3) is 11.8 Å². The molecule has 1 aliphatic rings. The van der Waals surface area contributed by atoms with Crippen LogP contribution in [0, 0.1) is 3.57 Å². The van der Waals surface area contributed by atoms with Crippen molar-refractivity contribution in [3.63, 3.8) is 0 Å². The van der Waals surface area contributed by atoms with Gasteiger partial charge in [-0.05, 0) is 58.6 Å². The van der Waals surface area contributed by atoms with Crippen LogP contribution in [0.2, 0.25) is 0 Å². The standard InChI is InChI=1S/C14H13IN2O4S/c1-17-13(19)8(12(18)16-14(17)22)4-7-5-9(15)11(21-3)10(6-7)20-2/h4-6H,1-3H3,(H,16,18,22)/b8-4+. The minimum absolute atomic E-state index is 0.0131. The maximum absolute atomic E-state index is 12.2. The Bertz CT molecular complexity index is 702. The Morgan fingerprint density at radius 2 is 1.95 bits per heavy atom. The molecule has 1 aliphatic heterocycles. The Morgan fingerprint density at radius 1 is 1.27 bits per heavy atom. The number of nitrogens with zero attached hydrogens (tertiary/aromatic N) is 1. The Balaban J connectivity index is 2.48. The summed E-state index contributed by atoms with van der Waals surface area (Å²) in [5.41, 5.74) is 0.667. The van der Waals surface area contributed by atoms with E-state index >= 15 is 0 Å². The molecule has 8 heteroatoms. The van der Waals surface area contributed by atoms with Crippen molar-refractivity contribution in [1.82, 2.24) is 10.2 Å². The van der Waals surface area contributed by atoms with E-state index in [1.54, 1.807) is 19.2 Å². The van der Waals surface area contributed by atoms with Gasteiger partial charge in [0.1, 0.15) is 5.57 Å². The summed E-state index contributed by atoms with van der Waals surface area (Å²) in [4.78, 5) is 25.3. The summed E-state index contributed by atoms with van der Waals surface area (Å²) in [6, 6.07) is 3.49. The number of nitrogens with one attached hydrogen (secondary N) is 1. The van der Waals surface area contributed by atoms with Crippen LogP contribution in [0.15, 0.2) is 17.7 Å². The second-order valence-corrected chi connectivity index (χ2v) is 5.97. The SMILES string of the molecule is COc1cc(/C=C2\C(=O)NC(=S)N(C)C2=O)cc(I)c1OC. The summed E-state index contributed by atoms with van der Waals surface area (Å²) in [5.74, 6) is 0.160. The van der Waals surface area contributed by atoms with E-state index in [0.29, 0.717) is 17.1 Å². The number of carbonyl (C=O) groups excluding carboxylic acids is 2. The van der Waals surface area contributed by atoms with Crippen molar-refractivity contribution in [3.05, 3.63) is 26.8 Å². The number of amides is 2. The minimum atomic E-state index is -0.516. The Labute approximate surface area is 146 Å². The highest BCUT2D eigenvalue weighted by Gasteiger charge is 2.30. The van der Waals surface area contributed by atoms with E-state index in [-0.39, 0.29) is 10.7 Å². The van der Waals surface area contributed by atoms with E-state index in [2.05, 4.69) is 27.9 Å². The number of ether oxygens (including phenoxy) is 2. The molecule has 0 unspecified atom stereocenters. The number of likely N-dealkylation sites (N-methyl/N-ethyl adjacent to an activating group) is 1. The molecule has 1 saturated heterocycles. The van der Waals surface area contributed by atoms with Gasteiger partial charge >= 0.3 is 0 Å². The van der Waals surface area contributed by atoms with E-state index in [0.717, 1.165) is 3.57 Å². The minimum Gasteiger partial charge on any atom is -0.493 e. The molecule has 1 N–H and O–H groups in total. The van der Waals surface area contributed by atoms with Crippen molar-refractivity contribution in [2.24, 2.45) is 0 Å². The van der Waals surface area contributed by atoms with Gasteiger partial charge in [-0.15, -0.1) is 0 Å². The van der Waals surface area contributed by atoms with Gasteiger partial charge in [-0.3, -0.25) is 19.8 Å². The third kappa shape index (κ3) is 3.07. The highest BCUT2D eigenvalue weighted by Crippen LogP contribution is 2.34. The second kappa shape index (κ2) is 6.61. The molecule has 1 aromatic carbocycles. The quantitative estimate of drug-likeness (QED) is 0.340. The van der Waals surface area contributed by atoms with Crippen LogP contribution in [0.25, 0.3) is 6.08 Å². The fraction of sp³-hybridized carbons (Fsp3) is 0.214. The summed E-state index contributed by atoms with van der Waals surface area (Å²) < 4.78 is 11.3. The average Bonchev–Trinajstić information content (AvgIpc) is 2.48. The molecule has 0 radical (unpaired) electrons. The van der Waals surface area contributed by atoms with E-state index in [9.17, 15) is 9.59 Å². The average molecular weight is 432 g/mol. The first-order valence-electron chi connectivity index (χ1n) is 6.15. The molecular weight excluding hydrogens is 419 g/mol. The van der Waals surface area contributed by atoms with Gasteiger partial charge < -0.3 is 9.47 Å². The maximum atomic E-state index is 12.2. The Morgan fingerprint density at radius 3 is 2.55 bits per heavy atom. The smallest absolute Gasteiger partial charge is 0.265 e. The number of hydrogen-bond donors (Lipinski definition) is 1. The molecule has 1 heterocycles. The number of methoxy groups -OCH3 is 2. The van der Waals surface area contributed by atoms with Crippen LogP contribution < -0.4 is 14.8 Å². The highest BCUT2D eigenvalue weighted by molar-refractivity contribution is 14.1. The normalized spacial score (nSPS) is 16.8. The van der Waals surface area contributed by atoms with Crippen LogP contribution in [-0.4, -0.2) is 43.1 Å². The maximum Gasteiger partial charge on any atom is 0.265 e. The van der Waals surface area contributed by atoms with Crippen LogP contribution in [0.1, 0.15) is 5.56 Å². The van der Waals surface area contributed by atoms with Crippen LogP contribution >= 0.6 is 34.8 Å². The topological polar surface area (TPSA) is 67.9 Å². The van der Waals surface area contributed by atoms with Crippen LogP contribution in [0.5, 0.6) is 11.5 Å². The van der Waals surface area contributed by atoms with Gasteiger partial charge in [0.2, 0.25) is 0 Å². The molecule has 1 aromatic rings. The Hall–Kier alpha value is -1.68. The lowest BCUT2D eigenvalue weighted by molar-refractivity contribution is -0.128. The van der Waals surface area contributed by atoms with Gasteiger partial charge in [0.05, 0.1) is 17.8 Å². The molecule has 0 spiro atoms. The summed E-state index contributed by atoms with van der Waals surface area (Å²) in [5, 5.41) is 2.56. The lowest BCUT2D eigenvalue weighted by Gasteiger charge is -2.25. The molecule has 0 atom stereocenters. The fourth-order valence-corrected chi connectivity index (χ4v) is 2.95. The summed E-state index contributed by atoms with van der Waals surface area (Å²) >= 11 is 7.00. The van der Waals surface area contributed by atoms with Crippen molar-refractivity contribution >= 4 is 57.8 Å². The number of carbonyl (C=O) groups is 2. The zero-order valence-electron chi connectivity index (χ0n) is 12.1. The molecule has 2 rings (SSSR count). The Kier molecular flexibility index (Phi) is 5.01. The molecule has 1 fully saturated rings. The van der Waals surface area contributed by atoms with Gasteiger partial charge in [0.15, 0.2) is 16.6 Å². The summed E-state index contributed by atoms with van der Waals surface area (Å²) in [6.07, 6.45) is 1.50. The molecule has 22 heavy (non-hydrogen) atoms. The fourth-order valence-electron chi connectivity index (χ4n) is 1.93. The molecule has 0 bridgehead atoms. The highest BCUT2D eigenvalue weighted by atomic mass is 127. The van der Waals surface area contributed by atoms with E-state index in [1.807, 2.05) is 0 Å². The predicted molar refractivity (Wildman–Crippen MR) is 93.8 cm³/mol. The summed E-state index contributed by atoms with van der Waals surface area (Å²) in [6.45, 7) is 0. The molecule has 6 nitrogen and oxygen atoms in total. The van der Waals surface area contributed by atoms with Crippen LogP contribution in [0.3, 0.4) is 0 Å². The van der Waals surface area contributed by atoms with Gasteiger partial charge in [-0.25, -0.2) is 0 Å². The van der Waals surface area contributed by atoms with Crippen LogP contribution in [0.4, 0.5) is 0 Å². The predicted octanol–water partition coefficient (Wildman–Crippen LogP) is 1.56. The number of benzene rings is 1. The zero-order valence-corrected chi connectivity index (χ0v) is 15.1. The van der Waals surface area contributed by atoms with Crippen molar-refractivity contribution in [2.75, 3.05) is 21.3 Å². The third-order valence-corrected chi connectivity index (χ3v) is 4.25. The lowest BCUT2D eigenvalue weighted by Crippen LogP contribution is -2.52. The first-order chi connectivity index (χ1) is 10.4. The van der Waals surface area contributed by atoms with Crippen molar-refractivity contribution in [1.29, 1.82) is 0 Å². The van der Waals surface area contributed by atoms with Crippen molar-refractivity contribution < 1.29 is 19.1 Å². The monoisotopic (exact) mass is 432 g/mol. The number of hydrogen-bond acceptors (Lipinski definition) is 5. The lowest BCUT2D eigenvalue weighted by atomic mass is 10.1. The second-order valence-electron chi connectivity index (χ2n) is 4.42. The summed E-state index contributed by atoms with van der Waals surface area (Å²) in [7, 11) is 4.58. The van der Waals surface area contributed by atoms with E-state index in [1.165, 1.54) is 25.1 Å². The zero-order chi connectivity index (χ0) is 16.4. The number of halogens is 1. The van der Waals surface area contributed by atoms with E-state index in [4.69, 9.17) is 21.7 Å². The number of thiocarbonyl (C=S) groups is 1. The third-order valence-electron chi connectivity index (χ3n) is 3.07. The molecule has 0 aliphatic carbocycles. The molecule has 2 amide bonds. The van der Waals surface area contributed by atoms with Crippen molar-refractivity contribution in [2.45, 2.75) is 0 Å². The first kappa shape index (κ1) is 16.7. The molecule has 116 valence electrons. The first-order valence-corrected chi connectivity index (χ1v) is 7.64. The molecule has 0 aromatic heterocycles. The van der Waals surface area contributed by atoms with Crippen LogP contribution in [-0.2, 0) is 9.59 Å².